The van der Waals surface area contributed by atoms with Crippen molar-refractivity contribution in [1.82, 2.24) is 4.90 Å². The minimum Gasteiger partial charge on any atom is -0.449 e. The third-order valence-corrected chi connectivity index (χ3v) is 4.67. The SMILES string of the molecule is CCCCOC(=O)N1CCCC=C1c1cc(C)c(Br)c(F)c1. The van der Waals surface area contributed by atoms with Crippen molar-refractivity contribution in [1.29, 1.82) is 0 Å². The number of ether oxygens (including phenoxy) is 1. The molecule has 0 unspecified atom stereocenters. The highest BCUT2D eigenvalue weighted by Crippen LogP contribution is 2.30. The lowest BCUT2D eigenvalue weighted by Crippen LogP contribution is -2.33. The number of carbonyl (C=O) groups excluding carboxylic acids is 1. The number of allylic oxidation sites excluding steroid dienone is 1. The Bertz CT molecular complexity index is 563. The average molecular weight is 370 g/mol. The van der Waals surface area contributed by atoms with E-state index in [0.29, 0.717) is 23.2 Å². The van der Waals surface area contributed by atoms with Gasteiger partial charge in [0.2, 0.25) is 0 Å². The fourth-order valence-corrected chi connectivity index (χ4v) is 2.67. The predicted molar refractivity (Wildman–Crippen MR) is 89.0 cm³/mol. The molecule has 3 nitrogen and oxygen atoms in total. The van der Waals surface area contributed by atoms with Gasteiger partial charge < -0.3 is 4.74 Å². The van der Waals surface area contributed by atoms with E-state index in [1.54, 1.807) is 4.90 Å². The summed E-state index contributed by atoms with van der Waals surface area (Å²) in [4.78, 5) is 13.9. The summed E-state index contributed by atoms with van der Waals surface area (Å²) in [5, 5.41) is 0. The molecule has 1 aromatic rings. The van der Waals surface area contributed by atoms with Gasteiger partial charge in [-0.15, -0.1) is 0 Å². The lowest BCUT2D eigenvalue weighted by Gasteiger charge is -2.28. The number of carbonyl (C=O) groups is 1. The molecule has 0 bridgehead atoms. The van der Waals surface area contributed by atoms with Crippen LogP contribution in [0.4, 0.5) is 9.18 Å². The maximum atomic E-state index is 14.0. The largest absolute Gasteiger partial charge is 0.449 e. The second-order valence-corrected chi connectivity index (χ2v) is 6.23. The van der Waals surface area contributed by atoms with Crippen molar-refractivity contribution in [3.05, 3.63) is 39.6 Å². The van der Waals surface area contributed by atoms with E-state index >= 15 is 0 Å². The zero-order valence-corrected chi connectivity index (χ0v) is 14.6. The van der Waals surface area contributed by atoms with E-state index in [0.717, 1.165) is 36.9 Å². The molecule has 0 aliphatic carbocycles. The number of amides is 1. The van der Waals surface area contributed by atoms with E-state index < -0.39 is 0 Å². The number of unbranched alkanes of at least 4 members (excludes halogenated alkanes) is 1. The summed E-state index contributed by atoms with van der Waals surface area (Å²) < 4.78 is 19.7. The van der Waals surface area contributed by atoms with E-state index in [9.17, 15) is 9.18 Å². The third-order valence-electron chi connectivity index (χ3n) is 3.66. The van der Waals surface area contributed by atoms with E-state index in [1.165, 1.54) is 6.07 Å². The first-order valence-corrected chi connectivity index (χ1v) is 8.44. The Morgan fingerprint density at radius 2 is 2.23 bits per heavy atom. The first-order chi connectivity index (χ1) is 10.5. The summed E-state index contributed by atoms with van der Waals surface area (Å²) in [6, 6.07) is 3.34. The summed E-state index contributed by atoms with van der Waals surface area (Å²) in [6.07, 6.45) is 5.24. The molecule has 0 aromatic heterocycles. The first kappa shape index (κ1) is 17.0. The Hall–Kier alpha value is -1.36. The smallest absolute Gasteiger partial charge is 0.414 e. The standard InChI is InChI=1S/C17H21BrFNO2/c1-3-4-9-22-17(21)20-8-6-5-7-15(20)13-10-12(2)16(18)14(19)11-13/h7,10-11H,3-6,8-9H2,1-2H3. The van der Waals surface area contributed by atoms with Gasteiger partial charge in [0.05, 0.1) is 16.8 Å². The van der Waals surface area contributed by atoms with E-state index in [1.807, 2.05) is 26.0 Å². The second-order valence-electron chi connectivity index (χ2n) is 5.44. The van der Waals surface area contributed by atoms with Crippen molar-refractivity contribution in [2.45, 2.75) is 39.5 Å². The monoisotopic (exact) mass is 369 g/mol. The molecule has 120 valence electrons. The normalized spacial score (nSPS) is 14.7. The first-order valence-electron chi connectivity index (χ1n) is 7.65. The fourth-order valence-electron chi connectivity index (χ4n) is 2.44. The lowest BCUT2D eigenvalue weighted by atomic mass is 10.0. The van der Waals surface area contributed by atoms with E-state index in [2.05, 4.69) is 15.9 Å². The van der Waals surface area contributed by atoms with Gasteiger partial charge in [0.15, 0.2) is 0 Å². The molecule has 5 heteroatoms. The molecular formula is C17H21BrFNO2. The molecule has 0 fully saturated rings. The summed E-state index contributed by atoms with van der Waals surface area (Å²) in [5.41, 5.74) is 2.26. The summed E-state index contributed by atoms with van der Waals surface area (Å²) in [6.45, 7) is 4.91. The molecule has 0 saturated heterocycles. The summed E-state index contributed by atoms with van der Waals surface area (Å²) >= 11 is 3.22. The van der Waals surface area contributed by atoms with Crippen LogP contribution in [0, 0.1) is 12.7 Å². The van der Waals surface area contributed by atoms with Gasteiger partial charge in [-0.25, -0.2) is 9.18 Å². The zero-order valence-electron chi connectivity index (χ0n) is 13.0. The van der Waals surface area contributed by atoms with Crippen molar-refractivity contribution in [2.75, 3.05) is 13.2 Å². The molecule has 1 aliphatic rings. The molecule has 1 aromatic carbocycles. The Morgan fingerprint density at radius 1 is 1.45 bits per heavy atom. The van der Waals surface area contributed by atoms with Gasteiger partial charge in [-0.3, -0.25) is 4.90 Å². The van der Waals surface area contributed by atoms with E-state index in [-0.39, 0.29) is 11.9 Å². The Kier molecular flexibility index (Phi) is 6.00. The molecule has 0 saturated carbocycles. The van der Waals surface area contributed by atoms with E-state index in [4.69, 9.17) is 4.74 Å². The van der Waals surface area contributed by atoms with Gasteiger partial charge in [-0.2, -0.15) is 0 Å². The van der Waals surface area contributed by atoms with Gasteiger partial charge in [-0.1, -0.05) is 19.4 Å². The van der Waals surface area contributed by atoms with Crippen LogP contribution >= 0.6 is 15.9 Å². The number of aryl methyl sites for hydroxylation is 1. The van der Waals surface area contributed by atoms with Crippen molar-refractivity contribution in [2.24, 2.45) is 0 Å². The topological polar surface area (TPSA) is 29.5 Å². The third kappa shape index (κ3) is 3.88. The number of rotatable bonds is 4. The molecule has 1 amide bonds. The van der Waals surface area contributed by atoms with Gasteiger partial charge in [-0.05, 0) is 59.8 Å². The van der Waals surface area contributed by atoms with Gasteiger partial charge >= 0.3 is 6.09 Å². The maximum absolute atomic E-state index is 14.0. The number of hydrogen-bond acceptors (Lipinski definition) is 2. The van der Waals surface area contributed by atoms with Crippen LogP contribution < -0.4 is 0 Å². The number of nitrogens with zero attached hydrogens (tertiary/aromatic N) is 1. The highest BCUT2D eigenvalue weighted by Gasteiger charge is 2.24. The molecule has 0 N–H and O–H groups in total. The molecule has 1 aliphatic heterocycles. The van der Waals surface area contributed by atoms with Crippen LogP contribution in [0.3, 0.4) is 0 Å². The molecular weight excluding hydrogens is 349 g/mol. The van der Waals surface area contributed by atoms with Crippen LogP contribution in [-0.4, -0.2) is 24.1 Å². The van der Waals surface area contributed by atoms with Crippen LogP contribution in [0.1, 0.15) is 43.7 Å². The van der Waals surface area contributed by atoms with Crippen molar-refractivity contribution >= 4 is 27.7 Å². The molecule has 22 heavy (non-hydrogen) atoms. The number of benzene rings is 1. The van der Waals surface area contributed by atoms with Crippen LogP contribution in [-0.2, 0) is 4.74 Å². The Morgan fingerprint density at radius 3 is 2.91 bits per heavy atom. The Balaban J connectivity index is 2.23. The second kappa shape index (κ2) is 7.77. The maximum Gasteiger partial charge on any atom is 0.414 e. The van der Waals surface area contributed by atoms with Gasteiger partial charge in [0.25, 0.3) is 0 Å². The van der Waals surface area contributed by atoms with Gasteiger partial charge in [0, 0.05) is 12.1 Å². The minimum absolute atomic E-state index is 0.319. The zero-order chi connectivity index (χ0) is 16.1. The fraction of sp³-hybridized carbons (Fsp3) is 0.471. The van der Waals surface area contributed by atoms with Crippen molar-refractivity contribution in [3.63, 3.8) is 0 Å². The molecule has 0 atom stereocenters. The molecule has 0 spiro atoms. The van der Waals surface area contributed by atoms with Crippen molar-refractivity contribution in [3.8, 4) is 0 Å². The molecule has 2 rings (SSSR count). The highest BCUT2D eigenvalue weighted by molar-refractivity contribution is 9.10. The van der Waals surface area contributed by atoms with Crippen LogP contribution in [0.2, 0.25) is 0 Å². The summed E-state index contributed by atoms with van der Waals surface area (Å²) in [5.74, 6) is -0.319. The van der Waals surface area contributed by atoms with Crippen LogP contribution in [0.5, 0.6) is 0 Å². The minimum atomic E-state index is -0.347. The molecule has 0 radical (unpaired) electrons. The van der Waals surface area contributed by atoms with Gasteiger partial charge in [0.1, 0.15) is 5.82 Å². The van der Waals surface area contributed by atoms with Crippen LogP contribution in [0.15, 0.2) is 22.7 Å². The Labute approximate surface area is 139 Å². The number of halogens is 2. The highest BCUT2D eigenvalue weighted by atomic mass is 79.9. The average Bonchev–Trinajstić information content (AvgIpc) is 2.52. The lowest BCUT2D eigenvalue weighted by molar-refractivity contribution is 0.117. The number of hydrogen-bond donors (Lipinski definition) is 0. The van der Waals surface area contributed by atoms with Crippen LogP contribution in [0.25, 0.3) is 5.70 Å². The quantitative estimate of drug-likeness (QED) is 0.676. The summed E-state index contributed by atoms with van der Waals surface area (Å²) in [7, 11) is 0. The van der Waals surface area contributed by atoms with Crippen molar-refractivity contribution < 1.29 is 13.9 Å². The molecule has 1 heterocycles. The predicted octanol–water partition coefficient (Wildman–Crippen LogP) is 5.27.